The summed E-state index contributed by atoms with van der Waals surface area (Å²) in [7, 11) is 0. The molecule has 0 unspecified atom stereocenters. The number of carbonyl (C=O) groups excluding carboxylic acids is 2. The van der Waals surface area contributed by atoms with Crippen molar-refractivity contribution in [3.63, 3.8) is 0 Å². The molecular formula is C21H39N3O2. The molecule has 0 spiro atoms. The van der Waals surface area contributed by atoms with E-state index in [1.54, 1.807) is 0 Å². The molecule has 5 heteroatoms. The fourth-order valence-electron chi connectivity index (χ4n) is 4.14. The Morgan fingerprint density at radius 1 is 1.04 bits per heavy atom. The van der Waals surface area contributed by atoms with Gasteiger partial charge in [0.25, 0.3) is 0 Å². The first-order valence-electron chi connectivity index (χ1n) is 10.8. The number of hydrogen-bond donors (Lipinski definition) is 2. The van der Waals surface area contributed by atoms with Gasteiger partial charge in [-0.25, -0.2) is 0 Å². The molecule has 1 saturated heterocycles. The third-order valence-corrected chi connectivity index (χ3v) is 6.03. The summed E-state index contributed by atoms with van der Waals surface area (Å²) in [5.74, 6) is 0.946. The Kier molecular flexibility index (Phi) is 8.89. The molecule has 26 heavy (non-hydrogen) atoms. The summed E-state index contributed by atoms with van der Waals surface area (Å²) < 4.78 is 0. The number of likely N-dealkylation sites (tertiary alicyclic amines) is 1. The first-order valence-corrected chi connectivity index (χ1v) is 10.8. The van der Waals surface area contributed by atoms with E-state index in [-0.39, 0.29) is 23.7 Å². The molecule has 1 heterocycles. The van der Waals surface area contributed by atoms with Crippen LogP contribution in [0.5, 0.6) is 0 Å². The predicted molar refractivity (Wildman–Crippen MR) is 106 cm³/mol. The van der Waals surface area contributed by atoms with Gasteiger partial charge in [-0.05, 0) is 76.4 Å². The van der Waals surface area contributed by atoms with Crippen molar-refractivity contribution < 1.29 is 9.59 Å². The zero-order valence-corrected chi connectivity index (χ0v) is 17.1. The van der Waals surface area contributed by atoms with Gasteiger partial charge in [-0.1, -0.05) is 27.2 Å². The van der Waals surface area contributed by atoms with Gasteiger partial charge in [0.2, 0.25) is 11.8 Å². The highest BCUT2D eigenvalue weighted by Crippen LogP contribution is 2.28. The fraction of sp³-hybridized carbons (Fsp3) is 0.905. The normalized spacial score (nSPS) is 25.7. The number of hydrogen-bond acceptors (Lipinski definition) is 3. The molecule has 1 saturated carbocycles. The third-order valence-electron chi connectivity index (χ3n) is 6.03. The molecule has 5 nitrogen and oxygen atoms in total. The Bertz CT molecular complexity index is 439. The Labute approximate surface area is 159 Å². The predicted octanol–water partition coefficient (Wildman–Crippen LogP) is 2.95. The second-order valence-corrected chi connectivity index (χ2v) is 8.73. The van der Waals surface area contributed by atoms with Crippen LogP contribution in [0.2, 0.25) is 0 Å². The van der Waals surface area contributed by atoms with Gasteiger partial charge in [-0.15, -0.1) is 0 Å². The average Bonchev–Trinajstić information content (AvgIpc) is 2.64. The maximum Gasteiger partial charge on any atom is 0.242 e. The van der Waals surface area contributed by atoms with Crippen LogP contribution in [0.3, 0.4) is 0 Å². The molecule has 2 amide bonds. The first-order chi connectivity index (χ1) is 12.5. The number of nitrogens with one attached hydrogen (secondary N) is 2. The topological polar surface area (TPSA) is 61.4 Å². The Hall–Kier alpha value is -1.10. The number of nitrogens with zero attached hydrogens (tertiary/aromatic N) is 1. The number of carbonyl (C=O) groups is 2. The van der Waals surface area contributed by atoms with Crippen LogP contribution in [0.4, 0.5) is 0 Å². The van der Waals surface area contributed by atoms with Crippen molar-refractivity contribution in [1.82, 2.24) is 15.5 Å². The fourth-order valence-corrected chi connectivity index (χ4v) is 4.14. The van der Waals surface area contributed by atoms with E-state index in [1.165, 1.54) is 32.4 Å². The second-order valence-electron chi connectivity index (χ2n) is 8.73. The minimum Gasteiger partial charge on any atom is -0.354 e. The molecule has 1 aliphatic heterocycles. The maximum atomic E-state index is 12.6. The summed E-state index contributed by atoms with van der Waals surface area (Å²) in [4.78, 5) is 27.6. The Morgan fingerprint density at radius 3 is 2.31 bits per heavy atom. The van der Waals surface area contributed by atoms with E-state index in [4.69, 9.17) is 0 Å². The van der Waals surface area contributed by atoms with Crippen molar-refractivity contribution in [3.05, 3.63) is 0 Å². The molecule has 2 aliphatic rings. The van der Waals surface area contributed by atoms with Gasteiger partial charge in [-0.3, -0.25) is 9.59 Å². The zero-order chi connectivity index (χ0) is 18.9. The van der Waals surface area contributed by atoms with Crippen molar-refractivity contribution in [1.29, 1.82) is 0 Å². The van der Waals surface area contributed by atoms with Crippen LogP contribution in [-0.4, -0.2) is 48.9 Å². The molecule has 0 radical (unpaired) electrons. The van der Waals surface area contributed by atoms with Crippen LogP contribution in [0.1, 0.15) is 72.1 Å². The molecule has 0 aromatic rings. The summed E-state index contributed by atoms with van der Waals surface area (Å²) in [5.41, 5.74) is 0. The van der Waals surface area contributed by atoms with Crippen molar-refractivity contribution in [2.24, 2.45) is 17.8 Å². The molecule has 0 aromatic heterocycles. The van der Waals surface area contributed by atoms with Gasteiger partial charge in [0, 0.05) is 12.5 Å². The lowest BCUT2D eigenvalue weighted by Gasteiger charge is -2.29. The van der Waals surface area contributed by atoms with E-state index in [0.717, 1.165) is 44.6 Å². The Morgan fingerprint density at radius 2 is 1.69 bits per heavy atom. The minimum atomic E-state index is -0.420. The van der Waals surface area contributed by atoms with E-state index in [1.807, 2.05) is 13.8 Å². The van der Waals surface area contributed by atoms with Crippen LogP contribution < -0.4 is 10.6 Å². The van der Waals surface area contributed by atoms with Crippen LogP contribution in [0.25, 0.3) is 0 Å². The lowest BCUT2D eigenvalue weighted by molar-refractivity contribution is -0.132. The standard InChI is InChI=1S/C21H39N3O2/c1-16(2)19(23-20(25)18-10-8-17(3)9-11-18)21(26)22-12-7-15-24-13-5-4-6-14-24/h16-19H,4-15H2,1-3H3,(H,22,26)(H,23,25)/t17?,18?,19-/m1/s1. The molecule has 1 aliphatic carbocycles. The molecule has 150 valence electrons. The molecule has 0 bridgehead atoms. The lowest BCUT2D eigenvalue weighted by atomic mass is 9.82. The van der Waals surface area contributed by atoms with Crippen molar-refractivity contribution in [2.45, 2.75) is 78.2 Å². The third kappa shape index (κ3) is 6.90. The first kappa shape index (κ1) is 21.2. The molecule has 1 atom stereocenters. The average molecular weight is 366 g/mol. The zero-order valence-electron chi connectivity index (χ0n) is 17.1. The van der Waals surface area contributed by atoms with Gasteiger partial charge in [0.15, 0.2) is 0 Å². The highest BCUT2D eigenvalue weighted by Gasteiger charge is 2.29. The van der Waals surface area contributed by atoms with Crippen molar-refractivity contribution in [2.75, 3.05) is 26.2 Å². The molecule has 2 fully saturated rings. The van der Waals surface area contributed by atoms with Gasteiger partial charge in [0.1, 0.15) is 6.04 Å². The summed E-state index contributed by atoms with van der Waals surface area (Å²) in [6.07, 6.45) is 9.07. The summed E-state index contributed by atoms with van der Waals surface area (Å²) in [6.45, 7) is 10.4. The Balaban J connectivity index is 1.71. The van der Waals surface area contributed by atoms with E-state index < -0.39 is 6.04 Å². The lowest BCUT2D eigenvalue weighted by Crippen LogP contribution is -2.51. The molecule has 2 N–H and O–H groups in total. The van der Waals surface area contributed by atoms with Crippen LogP contribution in [0, 0.1) is 17.8 Å². The second kappa shape index (κ2) is 10.9. The van der Waals surface area contributed by atoms with Crippen molar-refractivity contribution in [3.8, 4) is 0 Å². The van der Waals surface area contributed by atoms with Crippen LogP contribution in [-0.2, 0) is 9.59 Å². The van der Waals surface area contributed by atoms with Crippen LogP contribution >= 0.6 is 0 Å². The molecule has 0 aromatic carbocycles. The van der Waals surface area contributed by atoms with Crippen LogP contribution in [0.15, 0.2) is 0 Å². The summed E-state index contributed by atoms with van der Waals surface area (Å²) in [5, 5.41) is 6.07. The number of amides is 2. The monoisotopic (exact) mass is 365 g/mol. The molecule has 2 rings (SSSR count). The van der Waals surface area contributed by atoms with E-state index in [2.05, 4.69) is 22.5 Å². The minimum absolute atomic E-state index is 0.0313. The largest absolute Gasteiger partial charge is 0.354 e. The van der Waals surface area contributed by atoms with Gasteiger partial charge in [-0.2, -0.15) is 0 Å². The summed E-state index contributed by atoms with van der Waals surface area (Å²) >= 11 is 0. The van der Waals surface area contributed by atoms with E-state index in [0.29, 0.717) is 6.54 Å². The number of piperidine rings is 1. The smallest absolute Gasteiger partial charge is 0.242 e. The quantitative estimate of drug-likeness (QED) is 0.650. The maximum absolute atomic E-state index is 12.6. The van der Waals surface area contributed by atoms with Gasteiger partial charge in [0.05, 0.1) is 0 Å². The SMILES string of the molecule is CC1CCC(C(=O)N[C@@H](C(=O)NCCCN2CCCCC2)C(C)C)CC1. The highest BCUT2D eigenvalue weighted by molar-refractivity contribution is 5.88. The van der Waals surface area contributed by atoms with Crippen molar-refractivity contribution >= 4 is 11.8 Å². The van der Waals surface area contributed by atoms with E-state index >= 15 is 0 Å². The van der Waals surface area contributed by atoms with Gasteiger partial charge < -0.3 is 15.5 Å². The van der Waals surface area contributed by atoms with Gasteiger partial charge >= 0.3 is 0 Å². The van der Waals surface area contributed by atoms with E-state index in [9.17, 15) is 9.59 Å². The number of rotatable bonds is 8. The molecular weight excluding hydrogens is 326 g/mol. The highest BCUT2D eigenvalue weighted by atomic mass is 16.2. The summed E-state index contributed by atoms with van der Waals surface area (Å²) in [6, 6.07) is -0.420.